The summed E-state index contributed by atoms with van der Waals surface area (Å²) in [6.45, 7) is 7.47. The maximum Gasteiger partial charge on any atom is 0.0601 e. The molecule has 1 atom stereocenters. The molecule has 1 heterocycles. The number of rotatable bonds is 3. The van der Waals surface area contributed by atoms with Gasteiger partial charge in [-0.15, -0.1) is 0 Å². The van der Waals surface area contributed by atoms with Crippen molar-refractivity contribution in [3.63, 3.8) is 0 Å². The molecule has 3 heteroatoms. The predicted octanol–water partition coefficient (Wildman–Crippen LogP) is 1.58. The highest BCUT2D eigenvalue weighted by Gasteiger charge is 2.18. The van der Waals surface area contributed by atoms with Crippen LogP contribution in [0.1, 0.15) is 25.3 Å². The van der Waals surface area contributed by atoms with Crippen molar-refractivity contribution in [1.82, 2.24) is 5.32 Å². The lowest BCUT2D eigenvalue weighted by Crippen LogP contribution is -2.52. The van der Waals surface area contributed by atoms with Gasteiger partial charge in [0.25, 0.3) is 0 Å². The average molecular weight is 234 g/mol. The Morgan fingerprint density at radius 1 is 1.35 bits per heavy atom. The van der Waals surface area contributed by atoms with Crippen LogP contribution in [0.3, 0.4) is 0 Å². The minimum absolute atomic E-state index is 0.202. The first-order valence-electron chi connectivity index (χ1n) is 6.40. The molecular formula is C14H22N2O. The summed E-state index contributed by atoms with van der Waals surface area (Å²) in [7, 11) is 0. The quantitative estimate of drug-likeness (QED) is 0.833. The van der Waals surface area contributed by atoms with Crippen LogP contribution in [0, 0.1) is 0 Å². The highest BCUT2D eigenvalue weighted by molar-refractivity contribution is 5.48. The Balaban J connectivity index is 2.06. The molecule has 1 aromatic rings. The Bertz CT molecular complexity index is 348. The van der Waals surface area contributed by atoms with Crippen LogP contribution in [0.5, 0.6) is 0 Å². The van der Waals surface area contributed by atoms with E-state index in [1.807, 2.05) is 0 Å². The number of hydrogen-bond donors (Lipinski definition) is 2. The highest BCUT2D eigenvalue weighted by Crippen LogP contribution is 2.20. The normalized spacial score (nSPS) is 20.9. The number of anilines is 1. The van der Waals surface area contributed by atoms with Gasteiger partial charge in [-0.25, -0.2) is 0 Å². The third-order valence-electron chi connectivity index (χ3n) is 3.40. The summed E-state index contributed by atoms with van der Waals surface area (Å²) in [6, 6.07) is 8.99. The number of benzene rings is 1. The standard InChI is InChI=1S/C14H22N2O/c1-11(2)12-3-5-14(6-4-12)16-8-7-15-13(9-16)10-17/h3-6,11,13,15,17H,7-10H2,1-2H3. The molecule has 1 saturated heterocycles. The van der Waals surface area contributed by atoms with Crippen molar-refractivity contribution in [3.8, 4) is 0 Å². The molecule has 0 radical (unpaired) electrons. The fraction of sp³-hybridized carbons (Fsp3) is 0.571. The molecule has 3 nitrogen and oxygen atoms in total. The summed E-state index contributed by atoms with van der Waals surface area (Å²) < 4.78 is 0. The number of nitrogens with zero attached hydrogens (tertiary/aromatic N) is 1. The second kappa shape index (κ2) is 5.52. The summed E-state index contributed by atoms with van der Waals surface area (Å²) in [5, 5.41) is 12.5. The van der Waals surface area contributed by atoms with Crippen LogP contribution in [0.15, 0.2) is 24.3 Å². The third kappa shape index (κ3) is 2.99. The molecule has 1 aliphatic heterocycles. The number of nitrogens with one attached hydrogen (secondary N) is 1. The molecule has 0 spiro atoms. The average Bonchev–Trinajstić information content (AvgIpc) is 2.39. The SMILES string of the molecule is CC(C)c1ccc(N2CCNC(CO)C2)cc1. The van der Waals surface area contributed by atoms with E-state index in [1.165, 1.54) is 11.3 Å². The zero-order chi connectivity index (χ0) is 12.3. The van der Waals surface area contributed by atoms with Gasteiger partial charge in [0.15, 0.2) is 0 Å². The van der Waals surface area contributed by atoms with Gasteiger partial charge in [0.1, 0.15) is 0 Å². The zero-order valence-electron chi connectivity index (χ0n) is 10.7. The van der Waals surface area contributed by atoms with Gasteiger partial charge in [0.2, 0.25) is 0 Å². The Morgan fingerprint density at radius 2 is 2.06 bits per heavy atom. The van der Waals surface area contributed by atoms with Gasteiger partial charge in [-0.1, -0.05) is 26.0 Å². The van der Waals surface area contributed by atoms with E-state index in [0.29, 0.717) is 5.92 Å². The molecule has 1 aliphatic rings. The van der Waals surface area contributed by atoms with Crippen LogP contribution < -0.4 is 10.2 Å². The van der Waals surface area contributed by atoms with Crippen LogP contribution in [-0.4, -0.2) is 37.4 Å². The van der Waals surface area contributed by atoms with Crippen LogP contribution in [0.25, 0.3) is 0 Å². The van der Waals surface area contributed by atoms with Crippen molar-refractivity contribution in [2.45, 2.75) is 25.8 Å². The van der Waals surface area contributed by atoms with Crippen LogP contribution in [0.4, 0.5) is 5.69 Å². The van der Waals surface area contributed by atoms with E-state index in [0.717, 1.165) is 19.6 Å². The van der Waals surface area contributed by atoms with E-state index in [2.05, 4.69) is 48.3 Å². The number of piperazine rings is 1. The van der Waals surface area contributed by atoms with Gasteiger partial charge in [-0.05, 0) is 23.6 Å². The molecule has 0 saturated carbocycles. The van der Waals surface area contributed by atoms with E-state index in [1.54, 1.807) is 0 Å². The second-order valence-electron chi connectivity index (χ2n) is 5.03. The molecule has 0 aliphatic carbocycles. The lowest BCUT2D eigenvalue weighted by atomic mass is 10.0. The summed E-state index contributed by atoms with van der Waals surface area (Å²) in [4.78, 5) is 2.33. The van der Waals surface area contributed by atoms with E-state index >= 15 is 0 Å². The van der Waals surface area contributed by atoms with Gasteiger partial charge in [-0.2, -0.15) is 0 Å². The Hall–Kier alpha value is -1.06. The van der Waals surface area contributed by atoms with Gasteiger partial charge < -0.3 is 15.3 Å². The topological polar surface area (TPSA) is 35.5 Å². The molecule has 1 aromatic carbocycles. The minimum atomic E-state index is 0.202. The zero-order valence-corrected chi connectivity index (χ0v) is 10.7. The number of aliphatic hydroxyl groups is 1. The van der Waals surface area contributed by atoms with Crippen molar-refractivity contribution in [1.29, 1.82) is 0 Å². The number of aliphatic hydroxyl groups excluding tert-OH is 1. The summed E-state index contributed by atoms with van der Waals surface area (Å²) in [5.41, 5.74) is 2.64. The van der Waals surface area contributed by atoms with Crippen LogP contribution in [-0.2, 0) is 0 Å². The fourth-order valence-electron chi connectivity index (χ4n) is 2.25. The first kappa shape index (κ1) is 12.4. The Labute approximate surface area is 103 Å². The summed E-state index contributed by atoms with van der Waals surface area (Å²) in [5.74, 6) is 0.581. The lowest BCUT2D eigenvalue weighted by molar-refractivity contribution is 0.235. The smallest absolute Gasteiger partial charge is 0.0601 e. The highest BCUT2D eigenvalue weighted by atomic mass is 16.3. The molecule has 2 N–H and O–H groups in total. The van der Waals surface area contributed by atoms with Crippen molar-refractivity contribution < 1.29 is 5.11 Å². The fourth-order valence-corrected chi connectivity index (χ4v) is 2.25. The molecule has 2 rings (SSSR count). The van der Waals surface area contributed by atoms with E-state index in [4.69, 9.17) is 0 Å². The van der Waals surface area contributed by atoms with Crippen molar-refractivity contribution in [2.75, 3.05) is 31.1 Å². The van der Waals surface area contributed by atoms with E-state index < -0.39 is 0 Å². The monoisotopic (exact) mass is 234 g/mol. The minimum Gasteiger partial charge on any atom is -0.395 e. The van der Waals surface area contributed by atoms with Crippen molar-refractivity contribution in [2.24, 2.45) is 0 Å². The van der Waals surface area contributed by atoms with Crippen LogP contribution >= 0.6 is 0 Å². The first-order valence-corrected chi connectivity index (χ1v) is 6.40. The molecular weight excluding hydrogens is 212 g/mol. The molecule has 94 valence electrons. The van der Waals surface area contributed by atoms with Crippen LogP contribution in [0.2, 0.25) is 0 Å². The summed E-state index contributed by atoms with van der Waals surface area (Å²) >= 11 is 0. The Kier molecular flexibility index (Phi) is 4.02. The number of hydrogen-bond acceptors (Lipinski definition) is 3. The van der Waals surface area contributed by atoms with Gasteiger partial charge >= 0.3 is 0 Å². The van der Waals surface area contributed by atoms with Gasteiger partial charge in [0, 0.05) is 31.4 Å². The second-order valence-corrected chi connectivity index (χ2v) is 5.03. The predicted molar refractivity (Wildman–Crippen MR) is 71.6 cm³/mol. The van der Waals surface area contributed by atoms with E-state index in [9.17, 15) is 5.11 Å². The Morgan fingerprint density at radius 3 is 2.65 bits per heavy atom. The molecule has 1 fully saturated rings. The van der Waals surface area contributed by atoms with E-state index in [-0.39, 0.29) is 12.6 Å². The first-order chi connectivity index (χ1) is 8.20. The van der Waals surface area contributed by atoms with Gasteiger partial charge in [-0.3, -0.25) is 0 Å². The maximum atomic E-state index is 9.18. The molecule has 0 amide bonds. The largest absolute Gasteiger partial charge is 0.395 e. The van der Waals surface area contributed by atoms with Crippen molar-refractivity contribution in [3.05, 3.63) is 29.8 Å². The molecule has 0 bridgehead atoms. The molecule has 17 heavy (non-hydrogen) atoms. The maximum absolute atomic E-state index is 9.18. The van der Waals surface area contributed by atoms with Crippen molar-refractivity contribution >= 4 is 5.69 Å². The third-order valence-corrected chi connectivity index (χ3v) is 3.40. The molecule has 0 aromatic heterocycles. The molecule has 1 unspecified atom stereocenters. The lowest BCUT2D eigenvalue weighted by Gasteiger charge is -2.34. The summed E-state index contributed by atoms with van der Waals surface area (Å²) in [6.07, 6.45) is 0. The van der Waals surface area contributed by atoms with Gasteiger partial charge in [0.05, 0.1) is 6.61 Å².